The van der Waals surface area contributed by atoms with Crippen molar-refractivity contribution in [2.75, 3.05) is 0 Å². The Kier molecular flexibility index (Phi) is 4.25. The number of carbonyl (C=O) groups is 1. The summed E-state index contributed by atoms with van der Waals surface area (Å²) in [6.45, 7) is 0. The predicted octanol–water partition coefficient (Wildman–Crippen LogP) is 3.60. The van der Waals surface area contributed by atoms with Gasteiger partial charge >= 0.3 is 0 Å². The molecule has 22 heavy (non-hydrogen) atoms. The Balaban J connectivity index is 1.91. The lowest BCUT2D eigenvalue weighted by molar-refractivity contribution is 0.0943. The molecule has 1 atom stereocenters. The van der Waals surface area contributed by atoms with Crippen molar-refractivity contribution in [1.29, 1.82) is 0 Å². The minimum atomic E-state index is -0.197. The van der Waals surface area contributed by atoms with Gasteiger partial charge in [-0.15, -0.1) is 0 Å². The molecule has 2 aromatic carbocycles. The molecule has 3 nitrogen and oxygen atoms in total. The van der Waals surface area contributed by atoms with Crippen LogP contribution < -0.4 is 5.32 Å². The molecule has 1 heterocycles. The molecule has 0 aliphatic rings. The first-order chi connectivity index (χ1) is 10.8. The topological polar surface area (TPSA) is 42.0 Å². The van der Waals surface area contributed by atoms with Gasteiger partial charge in [0, 0.05) is 18.0 Å². The fraction of sp³-hybridized carbons (Fsp3) is 0.0526. The molecule has 0 bridgehead atoms. The molecule has 0 aliphatic carbocycles. The average molecular weight is 288 g/mol. The maximum absolute atomic E-state index is 12.5. The van der Waals surface area contributed by atoms with E-state index in [9.17, 15) is 4.79 Å². The van der Waals surface area contributed by atoms with Crippen LogP contribution in [0.1, 0.15) is 27.5 Å². The monoisotopic (exact) mass is 288 g/mol. The minimum Gasteiger partial charge on any atom is -0.341 e. The first-order valence-electron chi connectivity index (χ1n) is 7.15. The normalized spacial score (nSPS) is 11.6. The summed E-state index contributed by atoms with van der Waals surface area (Å²) >= 11 is 0. The third-order valence-electron chi connectivity index (χ3n) is 3.48. The molecular weight excluding hydrogens is 272 g/mol. The van der Waals surface area contributed by atoms with Crippen LogP contribution in [0.4, 0.5) is 0 Å². The van der Waals surface area contributed by atoms with E-state index in [-0.39, 0.29) is 11.9 Å². The van der Waals surface area contributed by atoms with Crippen LogP contribution in [0.2, 0.25) is 0 Å². The van der Waals surface area contributed by atoms with Crippen LogP contribution in [-0.4, -0.2) is 10.9 Å². The van der Waals surface area contributed by atoms with Gasteiger partial charge in [-0.05, 0) is 35.4 Å². The summed E-state index contributed by atoms with van der Waals surface area (Å²) in [4.78, 5) is 16.5. The highest BCUT2D eigenvalue weighted by Gasteiger charge is 2.17. The van der Waals surface area contributed by atoms with Crippen molar-refractivity contribution >= 4 is 5.91 Å². The quantitative estimate of drug-likeness (QED) is 0.797. The van der Waals surface area contributed by atoms with Crippen molar-refractivity contribution in [2.24, 2.45) is 0 Å². The van der Waals surface area contributed by atoms with E-state index in [1.165, 1.54) is 0 Å². The molecule has 0 spiro atoms. The first-order valence-corrected chi connectivity index (χ1v) is 7.15. The smallest absolute Gasteiger partial charge is 0.252 e. The van der Waals surface area contributed by atoms with E-state index in [1.54, 1.807) is 12.4 Å². The minimum absolute atomic E-state index is 0.0914. The zero-order chi connectivity index (χ0) is 15.2. The molecule has 1 amide bonds. The third kappa shape index (κ3) is 3.20. The lowest BCUT2D eigenvalue weighted by Crippen LogP contribution is -2.29. The van der Waals surface area contributed by atoms with E-state index >= 15 is 0 Å². The molecule has 0 radical (unpaired) electrons. The van der Waals surface area contributed by atoms with Gasteiger partial charge in [0.25, 0.3) is 5.91 Å². The highest BCUT2D eigenvalue weighted by molar-refractivity contribution is 5.94. The number of aromatic nitrogens is 1. The summed E-state index contributed by atoms with van der Waals surface area (Å²) in [6, 6.07) is 22.8. The Morgan fingerprint density at radius 3 is 1.95 bits per heavy atom. The molecule has 1 N–H and O–H groups in total. The van der Waals surface area contributed by atoms with Gasteiger partial charge in [0.15, 0.2) is 0 Å². The molecule has 1 unspecified atom stereocenters. The van der Waals surface area contributed by atoms with Gasteiger partial charge in [0.1, 0.15) is 0 Å². The van der Waals surface area contributed by atoms with Crippen molar-refractivity contribution in [2.45, 2.75) is 6.04 Å². The summed E-state index contributed by atoms with van der Waals surface area (Å²) in [5.41, 5.74) is 2.70. The second kappa shape index (κ2) is 6.68. The van der Waals surface area contributed by atoms with E-state index in [1.807, 2.05) is 72.8 Å². The van der Waals surface area contributed by atoms with Crippen LogP contribution in [0.25, 0.3) is 0 Å². The van der Waals surface area contributed by atoms with E-state index in [4.69, 9.17) is 0 Å². The SMILES string of the molecule is O=C(NC(c1ccccc1)c1ccncc1)c1ccccc1. The summed E-state index contributed by atoms with van der Waals surface area (Å²) in [5, 5.41) is 3.10. The lowest BCUT2D eigenvalue weighted by atomic mass is 9.99. The molecule has 0 saturated heterocycles. The molecule has 108 valence electrons. The van der Waals surface area contributed by atoms with E-state index in [0.29, 0.717) is 5.56 Å². The summed E-state index contributed by atoms with van der Waals surface area (Å²) in [7, 11) is 0. The van der Waals surface area contributed by atoms with Crippen molar-refractivity contribution in [3.05, 3.63) is 102 Å². The van der Waals surface area contributed by atoms with Crippen LogP contribution >= 0.6 is 0 Å². The highest BCUT2D eigenvalue weighted by Crippen LogP contribution is 2.21. The van der Waals surface area contributed by atoms with Gasteiger partial charge in [-0.3, -0.25) is 9.78 Å². The molecular formula is C19H16N2O. The number of benzene rings is 2. The van der Waals surface area contributed by atoms with Crippen LogP contribution in [-0.2, 0) is 0 Å². The Labute approximate surface area is 129 Å². The molecule has 3 aromatic rings. The van der Waals surface area contributed by atoms with E-state index in [0.717, 1.165) is 11.1 Å². The molecule has 0 saturated carbocycles. The van der Waals surface area contributed by atoms with Gasteiger partial charge in [0.2, 0.25) is 0 Å². The molecule has 3 rings (SSSR count). The van der Waals surface area contributed by atoms with Crippen LogP contribution in [0.3, 0.4) is 0 Å². The predicted molar refractivity (Wildman–Crippen MR) is 86.4 cm³/mol. The van der Waals surface area contributed by atoms with Crippen LogP contribution in [0.5, 0.6) is 0 Å². The van der Waals surface area contributed by atoms with Gasteiger partial charge in [-0.25, -0.2) is 0 Å². The Bertz CT molecular complexity index is 688. The summed E-state index contributed by atoms with van der Waals surface area (Å²) in [5.74, 6) is -0.0914. The third-order valence-corrected chi connectivity index (χ3v) is 3.48. The van der Waals surface area contributed by atoms with Gasteiger partial charge < -0.3 is 5.32 Å². The second-order valence-corrected chi connectivity index (χ2v) is 4.96. The van der Waals surface area contributed by atoms with Gasteiger partial charge in [0.05, 0.1) is 6.04 Å². The fourth-order valence-electron chi connectivity index (χ4n) is 2.36. The van der Waals surface area contributed by atoms with Crippen molar-refractivity contribution in [3.8, 4) is 0 Å². The number of amides is 1. The Morgan fingerprint density at radius 1 is 0.773 bits per heavy atom. The second-order valence-electron chi connectivity index (χ2n) is 4.96. The standard InChI is InChI=1S/C19H16N2O/c22-19(17-9-5-2-6-10-17)21-18(15-7-3-1-4-8-15)16-11-13-20-14-12-16/h1-14,18H,(H,21,22). The summed E-state index contributed by atoms with van der Waals surface area (Å²) in [6.07, 6.45) is 3.47. The number of hydrogen-bond acceptors (Lipinski definition) is 2. The van der Waals surface area contributed by atoms with Crippen molar-refractivity contribution in [1.82, 2.24) is 10.3 Å². The average Bonchev–Trinajstić information content (AvgIpc) is 2.62. The van der Waals surface area contributed by atoms with Gasteiger partial charge in [-0.1, -0.05) is 48.5 Å². The molecule has 0 fully saturated rings. The maximum Gasteiger partial charge on any atom is 0.252 e. The number of nitrogens with zero attached hydrogens (tertiary/aromatic N) is 1. The highest BCUT2D eigenvalue weighted by atomic mass is 16.1. The van der Waals surface area contributed by atoms with Crippen LogP contribution in [0, 0.1) is 0 Å². The van der Waals surface area contributed by atoms with Gasteiger partial charge in [-0.2, -0.15) is 0 Å². The number of nitrogens with one attached hydrogen (secondary N) is 1. The Hall–Kier alpha value is -2.94. The molecule has 0 aliphatic heterocycles. The van der Waals surface area contributed by atoms with E-state index < -0.39 is 0 Å². The first kappa shape index (κ1) is 14.0. The van der Waals surface area contributed by atoms with Crippen LogP contribution in [0.15, 0.2) is 85.2 Å². The molecule has 1 aromatic heterocycles. The number of pyridine rings is 1. The largest absolute Gasteiger partial charge is 0.341 e. The Morgan fingerprint density at radius 2 is 1.32 bits per heavy atom. The summed E-state index contributed by atoms with van der Waals surface area (Å²) < 4.78 is 0. The number of hydrogen-bond donors (Lipinski definition) is 1. The van der Waals surface area contributed by atoms with Crippen molar-refractivity contribution < 1.29 is 4.79 Å². The lowest BCUT2D eigenvalue weighted by Gasteiger charge is -2.19. The zero-order valence-corrected chi connectivity index (χ0v) is 12.0. The van der Waals surface area contributed by atoms with Crippen molar-refractivity contribution in [3.63, 3.8) is 0 Å². The zero-order valence-electron chi connectivity index (χ0n) is 12.0. The fourth-order valence-corrected chi connectivity index (χ4v) is 2.36. The van der Waals surface area contributed by atoms with E-state index in [2.05, 4.69) is 10.3 Å². The molecule has 3 heteroatoms. The number of carbonyl (C=O) groups excluding carboxylic acids is 1. The maximum atomic E-state index is 12.5. The number of rotatable bonds is 4.